The van der Waals surface area contributed by atoms with Crippen LogP contribution >= 0.6 is 0 Å². The zero-order chi connectivity index (χ0) is 10.9. The number of nitrogens with zero attached hydrogens (tertiary/aromatic N) is 2. The summed E-state index contributed by atoms with van der Waals surface area (Å²) in [6, 6.07) is 2.31. The quantitative estimate of drug-likeness (QED) is 0.636. The number of carboxylic acids is 1. The molecule has 72 valence electrons. The molecule has 0 spiro atoms. The first-order chi connectivity index (χ1) is 6.49. The lowest BCUT2D eigenvalue weighted by atomic mass is 10.1. The van der Waals surface area contributed by atoms with Gasteiger partial charge in [0.1, 0.15) is 11.6 Å². The van der Waals surface area contributed by atoms with E-state index in [0.717, 1.165) is 10.6 Å². The molecule has 0 amide bonds. The van der Waals surface area contributed by atoms with E-state index in [1.165, 1.54) is 13.1 Å². The van der Waals surface area contributed by atoms with E-state index in [1.54, 1.807) is 0 Å². The molecular formula is C8H6N2O4. The van der Waals surface area contributed by atoms with E-state index in [-0.39, 0.29) is 0 Å². The van der Waals surface area contributed by atoms with Crippen LogP contribution in [0.5, 0.6) is 5.88 Å². The lowest BCUT2D eigenvalue weighted by molar-refractivity contribution is 0.0695. The highest BCUT2D eigenvalue weighted by Crippen LogP contribution is 2.16. The van der Waals surface area contributed by atoms with Gasteiger partial charge in [0.2, 0.25) is 5.88 Å². The lowest BCUT2D eigenvalue weighted by Crippen LogP contribution is -2.19. The standard InChI is InChI=1S/C8H6N2O4/c1-10-6(11)2-4(8(13)14)5(3-9)7(10)12/h2,12H,1H3,(H,13,14). The third kappa shape index (κ3) is 1.31. The van der Waals surface area contributed by atoms with Gasteiger partial charge in [0.25, 0.3) is 5.56 Å². The van der Waals surface area contributed by atoms with Crippen LogP contribution in [0.1, 0.15) is 15.9 Å². The van der Waals surface area contributed by atoms with Gasteiger partial charge in [-0.25, -0.2) is 4.79 Å². The number of pyridine rings is 1. The monoisotopic (exact) mass is 194 g/mol. The molecule has 1 heterocycles. The molecule has 0 saturated carbocycles. The lowest BCUT2D eigenvalue weighted by Gasteiger charge is -2.04. The maximum Gasteiger partial charge on any atom is 0.337 e. The number of rotatable bonds is 1. The average molecular weight is 194 g/mol. The third-order valence-corrected chi connectivity index (χ3v) is 1.75. The van der Waals surface area contributed by atoms with Crippen LogP contribution in [0, 0.1) is 11.3 Å². The second kappa shape index (κ2) is 3.22. The van der Waals surface area contributed by atoms with Crippen molar-refractivity contribution < 1.29 is 15.0 Å². The second-order valence-electron chi connectivity index (χ2n) is 2.57. The van der Waals surface area contributed by atoms with Gasteiger partial charge in [-0.1, -0.05) is 0 Å². The summed E-state index contributed by atoms with van der Waals surface area (Å²) in [6.07, 6.45) is 0. The number of hydrogen-bond acceptors (Lipinski definition) is 4. The molecule has 1 aromatic heterocycles. The minimum Gasteiger partial charge on any atom is -0.493 e. The molecule has 0 saturated heterocycles. The van der Waals surface area contributed by atoms with E-state index in [9.17, 15) is 14.7 Å². The Morgan fingerprint density at radius 1 is 1.64 bits per heavy atom. The van der Waals surface area contributed by atoms with Gasteiger partial charge >= 0.3 is 5.97 Å². The Kier molecular flexibility index (Phi) is 2.25. The number of aromatic carboxylic acids is 1. The minimum atomic E-state index is -1.42. The van der Waals surface area contributed by atoms with Crippen molar-refractivity contribution in [2.45, 2.75) is 0 Å². The molecule has 0 aliphatic rings. The van der Waals surface area contributed by atoms with Crippen molar-refractivity contribution in [2.24, 2.45) is 7.05 Å². The van der Waals surface area contributed by atoms with Crippen molar-refractivity contribution in [3.05, 3.63) is 27.5 Å². The van der Waals surface area contributed by atoms with Gasteiger partial charge in [0.15, 0.2) is 0 Å². The van der Waals surface area contributed by atoms with E-state index < -0.39 is 28.5 Å². The minimum absolute atomic E-state index is 0.417. The molecule has 0 aliphatic carbocycles. The first-order valence-electron chi connectivity index (χ1n) is 3.55. The first kappa shape index (κ1) is 9.80. The molecule has 0 aromatic carbocycles. The Bertz CT molecular complexity index is 495. The Morgan fingerprint density at radius 2 is 2.21 bits per heavy atom. The molecule has 0 radical (unpaired) electrons. The van der Waals surface area contributed by atoms with Crippen molar-refractivity contribution in [1.29, 1.82) is 5.26 Å². The largest absolute Gasteiger partial charge is 0.493 e. The number of nitriles is 1. The van der Waals surface area contributed by atoms with E-state index in [1.807, 2.05) is 0 Å². The Balaban J connectivity index is 3.71. The summed E-state index contributed by atoms with van der Waals surface area (Å²) in [5, 5.41) is 26.5. The fraction of sp³-hybridized carbons (Fsp3) is 0.125. The van der Waals surface area contributed by atoms with E-state index in [2.05, 4.69) is 0 Å². The second-order valence-corrected chi connectivity index (χ2v) is 2.57. The topological polar surface area (TPSA) is 103 Å². The van der Waals surface area contributed by atoms with E-state index in [0.29, 0.717) is 0 Å². The molecule has 14 heavy (non-hydrogen) atoms. The number of aromatic hydroxyl groups is 1. The predicted molar refractivity (Wildman–Crippen MR) is 45.0 cm³/mol. The SMILES string of the molecule is Cn1c(O)c(C#N)c(C(=O)O)cc1=O. The van der Waals surface area contributed by atoms with Crippen LogP contribution < -0.4 is 5.56 Å². The van der Waals surface area contributed by atoms with Crippen molar-refractivity contribution >= 4 is 5.97 Å². The van der Waals surface area contributed by atoms with Gasteiger partial charge < -0.3 is 10.2 Å². The van der Waals surface area contributed by atoms with Crippen molar-refractivity contribution in [3.8, 4) is 11.9 Å². The maximum absolute atomic E-state index is 11.1. The fourth-order valence-electron chi connectivity index (χ4n) is 0.964. The number of hydrogen-bond donors (Lipinski definition) is 2. The van der Waals surface area contributed by atoms with Crippen LogP contribution in [0.4, 0.5) is 0 Å². The number of carboxylic acid groups (broad SMARTS) is 1. The first-order valence-corrected chi connectivity index (χ1v) is 3.55. The Labute approximate surface area is 78.3 Å². The molecule has 0 unspecified atom stereocenters. The smallest absolute Gasteiger partial charge is 0.337 e. The van der Waals surface area contributed by atoms with Crippen LogP contribution in [0.15, 0.2) is 10.9 Å². The van der Waals surface area contributed by atoms with E-state index >= 15 is 0 Å². The Hall–Kier alpha value is -2.29. The normalized spacial score (nSPS) is 9.43. The van der Waals surface area contributed by atoms with Gasteiger partial charge in [0.05, 0.1) is 5.56 Å². The predicted octanol–water partition coefficient (Wildman–Crippen LogP) is -0.339. The van der Waals surface area contributed by atoms with Gasteiger partial charge in [0, 0.05) is 13.1 Å². The van der Waals surface area contributed by atoms with Gasteiger partial charge in [-0.15, -0.1) is 0 Å². The summed E-state index contributed by atoms with van der Waals surface area (Å²) in [5.41, 5.74) is -1.59. The van der Waals surface area contributed by atoms with Crippen LogP contribution in [0.25, 0.3) is 0 Å². The highest BCUT2D eigenvalue weighted by Gasteiger charge is 2.17. The maximum atomic E-state index is 11.1. The molecule has 0 aliphatic heterocycles. The summed E-state index contributed by atoms with van der Waals surface area (Å²) in [4.78, 5) is 21.6. The van der Waals surface area contributed by atoms with Gasteiger partial charge in [-0.2, -0.15) is 5.26 Å². The Morgan fingerprint density at radius 3 is 2.64 bits per heavy atom. The van der Waals surface area contributed by atoms with Gasteiger partial charge in [-0.05, 0) is 0 Å². The van der Waals surface area contributed by atoms with Crippen LogP contribution in [-0.4, -0.2) is 20.7 Å². The molecule has 6 nitrogen and oxygen atoms in total. The van der Waals surface area contributed by atoms with Crippen molar-refractivity contribution in [1.82, 2.24) is 4.57 Å². The average Bonchev–Trinajstić information content (AvgIpc) is 2.13. The zero-order valence-electron chi connectivity index (χ0n) is 7.18. The number of aromatic nitrogens is 1. The molecular weight excluding hydrogens is 188 g/mol. The summed E-state index contributed by atoms with van der Waals surface area (Å²) >= 11 is 0. The highest BCUT2D eigenvalue weighted by molar-refractivity contribution is 5.91. The molecule has 0 fully saturated rings. The van der Waals surface area contributed by atoms with E-state index in [4.69, 9.17) is 10.4 Å². The third-order valence-electron chi connectivity index (χ3n) is 1.75. The fourth-order valence-corrected chi connectivity index (χ4v) is 0.964. The zero-order valence-corrected chi connectivity index (χ0v) is 7.18. The summed E-state index contributed by atoms with van der Waals surface area (Å²) in [5.74, 6) is -2.06. The number of carbonyl (C=O) groups is 1. The van der Waals surface area contributed by atoms with Crippen molar-refractivity contribution in [3.63, 3.8) is 0 Å². The summed E-state index contributed by atoms with van der Waals surface area (Å²) < 4.78 is 0.797. The summed E-state index contributed by atoms with van der Waals surface area (Å²) in [7, 11) is 1.24. The van der Waals surface area contributed by atoms with Crippen LogP contribution in [0.2, 0.25) is 0 Å². The molecule has 0 atom stereocenters. The molecule has 2 N–H and O–H groups in total. The molecule has 6 heteroatoms. The summed E-state index contributed by atoms with van der Waals surface area (Å²) in [6.45, 7) is 0. The van der Waals surface area contributed by atoms with Crippen LogP contribution in [-0.2, 0) is 7.05 Å². The van der Waals surface area contributed by atoms with Crippen LogP contribution in [0.3, 0.4) is 0 Å². The molecule has 0 bridgehead atoms. The van der Waals surface area contributed by atoms with Crippen molar-refractivity contribution in [2.75, 3.05) is 0 Å². The molecule has 1 rings (SSSR count). The molecule has 1 aromatic rings. The highest BCUT2D eigenvalue weighted by atomic mass is 16.4. The van der Waals surface area contributed by atoms with Gasteiger partial charge in [-0.3, -0.25) is 9.36 Å².